The van der Waals surface area contributed by atoms with Gasteiger partial charge in [0, 0.05) is 17.5 Å². The van der Waals surface area contributed by atoms with Gasteiger partial charge in [-0.15, -0.1) is 0 Å². The van der Waals surface area contributed by atoms with Gasteiger partial charge in [-0.05, 0) is 48.5 Å². The summed E-state index contributed by atoms with van der Waals surface area (Å²) in [5.74, 6) is -0.953. The fourth-order valence-corrected chi connectivity index (χ4v) is 4.10. The van der Waals surface area contributed by atoms with Crippen LogP contribution in [0.3, 0.4) is 0 Å². The van der Waals surface area contributed by atoms with Crippen LogP contribution in [0.5, 0.6) is 5.75 Å². The van der Waals surface area contributed by atoms with Gasteiger partial charge < -0.3 is 25.9 Å². The molecule has 0 aliphatic rings. The third-order valence-electron chi connectivity index (χ3n) is 5.98. The van der Waals surface area contributed by atoms with E-state index in [1.165, 1.54) is 18.2 Å². The van der Waals surface area contributed by atoms with Gasteiger partial charge in [0.15, 0.2) is 0 Å². The number of aromatic nitrogens is 4. The van der Waals surface area contributed by atoms with E-state index < -0.39 is 23.9 Å². The predicted octanol–water partition coefficient (Wildman–Crippen LogP) is 5.41. The van der Waals surface area contributed by atoms with Gasteiger partial charge in [-0.1, -0.05) is 12.1 Å². The van der Waals surface area contributed by atoms with Crippen molar-refractivity contribution in [2.45, 2.75) is 13.0 Å². The summed E-state index contributed by atoms with van der Waals surface area (Å²) < 4.78 is 46.8. The van der Waals surface area contributed by atoms with Gasteiger partial charge in [0.25, 0.3) is 6.43 Å². The lowest BCUT2D eigenvalue weighted by Crippen LogP contribution is -2.10. The van der Waals surface area contributed by atoms with Crippen LogP contribution in [0.1, 0.15) is 28.3 Å². The number of anilines is 1. The minimum Gasteiger partial charge on any atom is -0.491 e. The lowest BCUT2D eigenvalue weighted by Gasteiger charge is -2.08. The van der Waals surface area contributed by atoms with E-state index in [2.05, 4.69) is 25.3 Å². The van der Waals surface area contributed by atoms with Crippen LogP contribution in [0.2, 0.25) is 0 Å². The Kier molecular flexibility index (Phi) is 7.60. The molecule has 0 radical (unpaired) electrons. The normalized spacial score (nSPS) is 11.2. The first-order valence-corrected chi connectivity index (χ1v) is 12.2. The number of fused-ring (bicyclic) bond motifs is 1. The number of carboxylic acids is 1. The van der Waals surface area contributed by atoms with E-state index in [0.717, 1.165) is 17.5 Å². The van der Waals surface area contributed by atoms with Crippen LogP contribution in [-0.4, -0.2) is 44.2 Å². The summed E-state index contributed by atoms with van der Waals surface area (Å²) in [4.78, 5) is 27.5. The number of carbonyl (C=O) groups is 1. The third kappa shape index (κ3) is 5.71. The molecule has 3 aromatic heterocycles. The van der Waals surface area contributed by atoms with E-state index in [4.69, 9.17) is 10.5 Å². The summed E-state index contributed by atoms with van der Waals surface area (Å²) in [6, 6.07) is 14.9. The summed E-state index contributed by atoms with van der Waals surface area (Å²) in [6.45, 7) is 0.658. The molecular weight excluding hydrogens is 525 g/mol. The first kappa shape index (κ1) is 26.6. The number of nitrogens with zero attached hydrogens (tertiary/aromatic N) is 3. The van der Waals surface area contributed by atoms with Crippen LogP contribution < -0.4 is 15.8 Å². The molecule has 5 rings (SSSR count). The number of benzene rings is 2. The number of aromatic amines is 1. The zero-order valence-corrected chi connectivity index (χ0v) is 20.9. The van der Waals surface area contributed by atoms with Crippen LogP contribution in [0, 0.1) is 5.82 Å². The maximum Gasteiger partial charge on any atom is 0.335 e. The Balaban J connectivity index is 1.55. The smallest absolute Gasteiger partial charge is 0.335 e. The molecular formula is C28H23F3N6O3. The molecule has 2 aromatic carbocycles. The average Bonchev–Trinajstić information content (AvgIpc) is 3.39. The summed E-state index contributed by atoms with van der Waals surface area (Å²) in [5.41, 5.74) is 7.40. The summed E-state index contributed by atoms with van der Waals surface area (Å²) in [5, 5.41) is 12.8. The SMILES string of the molecule is NCCOc1cnc2ccc(-c3[nH]c(CNc4cc(C(=O)O)ccc4F)nc3-c3cccc(C(F)F)n3)cc2c1. The maximum atomic E-state index is 14.3. The highest BCUT2D eigenvalue weighted by atomic mass is 19.3. The second kappa shape index (κ2) is 11.4. The fraction of sp³-hybridized carbons (Fsp3) is 0.143. The maximum absolute atomic E-state index is 14.3. The van der Waals surface area contributed by atoms with Crippen LogP contribution in [-0.2, 0) is 6.54 Å². The topological polar surface area (TPSA) is 139 Å². The van der Waals surface area contributed by atoms with Crippen molar-refractivity contribution in [3.8, 4) is 28.4 Å². The number of hydrogen-bond donors (Lipinski definition) is 4. The number of nitrogens with one attached hydrogen (secondary N) is 2. The van der Waals surface area contributed by atoms with Gasteiger partial charge in [0.2, 0.25) is 0 Å². The molecule has 0 bridgehead atoms. The van der Waals surface area contributed by atoms with Gasteiger partial charge in [-0.2, -0.15) is 0 Å². The number of halogens is 3. The lowest BCUT2D eigenvalue weighted by molar-refractivity contribution is 0.0697. The molecule has 12 heteroatoms. The van der Waals surface area contributed by atoms with Crippen LogP contribution >= 0.6 is 0 Å². The largest absolute Gasteiger partial charge is 0.491 e. The molecule has 5 N–H and O–H groups in total. The third-order valence-corrected chi connectivity index (χ3v) is 5.98. The zero-order chi connectivity index (χ0) is 28.2. The van der Waals surface area contributed by atoms with Gasteiger partial charge in [-0.3, -0.25) is 4.98 Å². The van der Waals surface area contributed by atoms with Crippen molar-refractivity contribution in [2.24, 2.45) is 5.73 Å². The number of imidazole rings is 1. The Morgan fingerprint density at radius 2 is 1.95 bits per heavy atom. The first-order chi connectivity index (χ1) is 19.3. The zero-order valence-electron chi connectivity index (χ0n) is 20.9. The van der Waals surface area contributed by atoms with Crippen molar-refractivity contribution in [1.82, 2.24) is 19.9 Å². The minimum absolute atomic E-state index is 0.0201. The number of rotatable bonds is 10. The highest BCUT2D eigenvalue weighted by Gasteiger charge is 2.19. The number of alkyl halides is 2. The number of pyridine rings is 2. The molecule has 204 valence electrons. The molecule has 3 heterocycles. The second-order valence-electron chi connectivity index (χ2n) is 8.72. The molecule has 0 saturated carbocycles. The molecule has 0 aliphatic heterocycles. The van der Waals surface area contributed by atoms with E-state index in [0.29, 0.717) is 47.2 Å². The van der Waals surface area contributed by atoms with E-state index >= 15 is 0 Å². The fourth-order valence-electron chi connectivity index (χ4n) is 4.10. The highest BCUT2D eigenvalue weighted by molar-refractivity contribution is 5.89. The van der Waals surface area contributed by atoms with Crippen molar-refractivity contribution >= 4 is 22.6 Å². The molecule has 0 saturated heterocycles. The number of aromatic carboxylic acids is 1. The van der Waals surface area contributed by atoms with Gasteiger partial charge in [-0.25, -0.2) is 27.9 Å². The quantitative estimate of drug-likeness (QED) is 0.182. The van der Waals surface area contributed by atoms with Crippen LogP contribution in [0.4, 0.5) is 18.9 Å². The molecule has 40 heavy (non-hydrogen) atoms. The number of hydrogen-bond acceptors (Lipinski definition) is 7. The standard InChI is InChI=1S/C28H23F3N6O3/c29-19-6-4-16(28(38)39)12-23(19)34-14-24-36-25(26(37-24)21-2-1-3-22(35-21)27(30)31)15-5-7-20-17(10-15)11-18(13-33-20)40-9-8-32/h1-7,10-13,27,34H,8-9,14,32H2,(H,36,37)(H,38,39). The highest BCUT2D eigenvalue weighted by Crippen LogP contribution is 2.33. The molecule has 9 nitrogen and oxygen atoms in total. The molecule has 0 atom stereocenters. The number of nitrogens with two attached hydrogens (primary N) is 1. The Bertz CT molecular complexity index is 1690. The van der Waals surface area contributed by atoms with Crippen molar-refractivity contribution in [1.29, 1.82) is 0 Å². The van der Waals surface area contributed by atoms with E-state index in [9.17, 15) is 23.1 Å². The summed E-state index contributed by atoms with van der Waals surface area (Å²) in [6.07, 6.45) is -1.17. The Labute approximate surface area is 225 Å². The lowest BCUT2D eigenvalue weighted by atomic mass is 10.1. The molecule has 0 spiro atoms. The van der Waals surface area contributed by atoms with Gasteiger partial charge in [0.05, 0.1) is 40.9 Å². The van der Waals surface area contributed by atoms with Crippen molar-refractivity contribution in [3.63, 3.8) is 0 Å². The van der Waals surface area contributed by atoms with Crippen LogP contribution in [0.25, 0.3) is 33.5 Å². The number of carboxylic acid groups (broad SMARTS) is 1. The van der Waals surface area contributed by atoms with Crippen LogP contribution in [0.15, 0.2) is 66.9 Å². The van der Waals surface area contributed by atoms with E-state index in [-0.39, 0.29) is 23.5 Å². The molecule has 0 fully saturated rings. The summed E-state index contributed by atoms with van der Waals surface area (Å²) in [7, 11) is 0. The van der Waals surface area contributed by atoms with Crippen molar-refractivity contribution in [2.75, 3.05) is 18.5 Å². The van der Waals surface area contributed by atoms with Gasteiger partial charge >= 0.3 is 5.97 Å². The Morgan fingerprint density at radius 1 is 1.10 bits per heavy atom. The number of H-pyrrole nitrogens is 1. The molecule has 5 aromatic rings. The average molecular weight is 549 g/mol. The second-order valence-corrected chi connectivity index (χ2v) is 8.72. The molecule has 0 aliphatic carbocycles. The minimum atomic E-state index is -2.77. The Morgan fingerprint density at radius 3 is 2.73 bits per heavy atom. The van der Waals surface area contributed by atoms with Crippen molar-refractivity contribution in [3.05, 3.63) is 89.8 Å². The van der Waals surface area contributed by atoms with E-state index in [1.807, 2.05) is 12.1 Å². The first-order valence-electron chi connectivity index (χ1n) is 12.2. The van der Waals surface area contributed by atoms with E-state index in [1.54, 1.807) is 24.4 Å². The molecule has 0 unspecified atom stereocenters. The van der Waals surface area contributed by atoms with Gasteiger partial charge in [0.1, 0.15) is 35.4 Å². The molecule has 0 amide bonds. The van der Waals surface area contributed by atoms with Crippen molar-refractivity contribution < 1.29 is 27.8 Å². The Hall–Kier alpha value is -4.97. The number of ether oxygens (including phenoxy) is 1. The monoisotopic (exact) mass is 548 g/mol. The predicted molar refractivity (Wildman–Crippen MR) is 143 cm³/mol. The summed E-state index contributed by atoms with van der Waals surface area (Å²) >= 11 is 0.